The van der Waals surface area contributed by atoms with Crippen molar-refractivity contribution in [3.05, 3.63) is 6.42 Å². The number of guanidine groups is 1. The van der Waals surface area contributed by atoms with Crippen molar-refractivity contribution in [2.45, 2.75) is 19.3 Å². The van der Waals surface area contributed by atoms with Gasteiger partial charge in [0, 0.05) is 13.2 Å². The highest BCUT2D eigenvalue weighted by Crippen LogP contribution is 1.97. The average Bonchev–Trinajstić information content (AvgIpc) is 2.09. The molecule has 5 heteroatoms. The molecule has 0 aromatic carbocycles. The molecule has 0 atom stereocenters. The minimum absolute atomic E-state index is 0.171. The Morgan fingerprint density at radius 3 is 2.69 bits per heavy atom. The molecule has 0 amide bonds. The Morgan fingerprint density at radius 1 is 1.31 bits per heavy atom. The average molecular weight is 186 g/mol. The molecule has 0 aromatic heterocycles. The second kappa shape index (κ2) is 9.28. The van der Waals surface area contributed by atoms with Crippen LogP contribution >= 0.6 is 0 Å². The van der Waals surface area contributed by atoms with Crippen molar-refractivity contribution < 1.29 is 0 Å². The lowest BCUT2D eigenvalue weighted by Gasteiger charge is -2.00. The lowest BCUT2D eigenvalue weighted by molar-refractivity contribution is 0.673. The summed E-state index contributed by atoms with van der Waals surface area (Å²) in [4.78, 5) is 3.88. The van der Waals surface area contributed by atoms with Crippen molar-refractivity contribution in [1.82, 2.24) is 5.32 Å². The van der Waals surface area contributed by atoms with Crippen LogP contribution in [0.3, 0.4) is 0 Å². The number of nitrogens with one attached hydrogen (secondary N) is 1. The number of rotatable bonds is 8. The quantitative estimate of drug-likeness (QED) is 0.171. The monoisotopic (exact) mass is 186 g/mol. The zero-order valence-electron chi connectivity index (χ0n) is 8.00. The van der Waals surface area contributed by atoms with E-state index < -0.39 is 0 Å². The summed E-state index contributed by atoms with van der Waals surface area (Å²) in [6, 6.07) is 0. The Kier molecular flexibility index (Phi) is 8.70. The summed E-state index contributed by atoms with van der Waals surface area (Å²) in [5.41, 5.74) is 15.6. The summed E-state index contributed by atoms with van der Waals surface area (Å²) in [7, 11) is 0. The molecule has 0 aromatic rings. The van der Waals surface area contributed by atoms with Gasteiger partial charge in [-0.3, -0.25) is 4.99 Å². The summed E-state index contributed by atoms with van der Waals surface area (Å²) in [5.74, 6) is 0.171. The van der Waals surface area contributed by atoms with Crippen molar-refractivity contribution in [3.63, 3.8) is 0 Å². The first kappa shape index (κ1) is 12.2. The summed E-state index contributed by atoms with van der Waals surface area (Å²) in [5, 5.41) is 3.04. The van der Waals surface area contributed by atoms with Crippen molar-refractivity contribution in [2.75, 3.05) is 19.8 Å². The van der Waals surface area contributed by atoms with Crippen LogP contribution in [0.15, 0.2) is 4.99 Å². The van der Waals surface area contributed by atoms with Gasteiger partial charge >= 0.3 is 0 Å². The molecule has 0 aliphatic heterocycles. The van der Waals surface area contributed by atoms with Crippen LogP contribution in [0, 0.1) is 6.42 Å². The molecule has 0 aliphatic rings. The molecule has 7 N–H and O–H groups in total. The van der Waals surface area contributed by atoms with Crippen LogP contribution in [0.2, 0.25) is 0 Å². The molecule has 0 bridgehead atoms. The zero-order valence-corrected chi connectivity index (χ0v) is 8.00. The number of hydrogen-bond donors (Lipinski definition) is 4. The molecule has 0 aliphatic carbocycles. The SMILES string of the molecule is NCNCC[CH]CCCN=C(N)N. The second-order valence-corrected chi connectivity index (χ2v) is 2.73. The van der Waals surface area contributed by atoms with E-state index in [1.165, 1.54) is 0 Å². The van der Waals surface area contributed by atoms with E-state index in [-0.39, 0.29) is 5.96 Å². The third-order valence-corrected chi connectivity index (χ3v) is 1.53. The largest absolute Gasteiger partial charge is 0.370 e. The van der Waals surface area contributed by atoms with Crippen LogP contribution in [-0.4, -0.2) is 25.7 Å². The van der Waals surface area contributed by atoms with Crippen molar-refractivity contribution >= 4 is 5.96 Å². The second-order valence-electron chi connectivity index (χ2n) is 2.73. The Balaban J connectivity index is 2.96. The molecule has 0 spiro atoms. The number of hydrogen-bond acceptors (Lipinski definition) is 3. The zero-order chi connectivity index (χ0) is 9.94. The Morgan fingerprint density at radius 2 is 2.08 bits per heavy atom. The van der Waals surface area contributed by atoms with E-state index in [1.54, 1.807) is 0 Å². The Hall–Kier alpha value is -0.810. The van der Waals surface area contributed by atoms with Crippen LogP contribution in [-0.2, 0) is 0 Å². The highest BCUT2D eigenvalue weighted by Gasteiger charge is 1.89. The fourth-order valence-electron chi connectivity index (χ4n) is 0.894. The van der Waals surface area contributed by atoms with Gasteiger partial charge in [-0.25, -0.2) is 0 Å². The lowest BCUT2D eigenvalue weighted by Crippen LogP contribution is -2.23. The van der Waals surface area contributed by atoms with Gasteiger partial charge in [-0.1, -0.05) is 0 Å². The topological polar surface area (TPSA) is 102 Å². The minimum Gasteiger partial charge on any atom is -0.370 e. The number of nitrogens with two attached hydrogens (primary N) is 3. The first-order valence-electron chi connectivity index (χ1n) is 4.55. The van der Waals surface area contributed by atoms with Gasteiger partial charge in [0.2, 0.25) is 0 Å². The third-order valence-electron chi connectivity index (χ3n) is 1.53. The maximum absolute atomic E-state index is 5.25. The van der Waals surface area contributed by atoms with Gasteiger partial charge < -0.3 is 22.5 Å². The standard InChI is InChI=1S/C8H20N5/c9-7-12-5-3-1-2-4-6-13-8(10)11/h1,12H,2-7,9H2,(H4,10,11,13). The molecule has 5 nitrogen and oxygen atoms in total. The van der Waals surface area contributed by atoms with E-state index in [0.29, 0.717) is 13.2 Å². The van der Waals surface area contributed by atoms with E-state index in [9.17, 15) is 0 Å². The molecule has 0 heterocycles. The predicted molar refractivity (Wildman–Crippen MR) is 55.9 cm³/mol. The van der Waals surface area contributed by atoms with Crippen molar-refractivity contribution in [2.24, 2.45) is 22.2 Å². The van der Waals surface area contributed by atoms with Crippen molar-refractivity contribution in [1.29, 1.82) is 0 Å². The smallest absolute Gasteiger partial charge is 0.185 e. The fourth-order valence-corrected chi connectivity index (χ4v) is 0.894. The van der Waals surface area contributed by atoms with Gasteiger partial charge in [-0.05, 0) is 32.2 Å². The van der Waals surface area contributed by atoms with Crippen LogP contribution in [0.4, 0.5) is 0 Å². The summed E-state index contributed by atoms with van der Waals surface area (Å²) in [6.45, 7) is 2.20. The van der Waals surface area contributed by atoms with Gasteiger partial charge in [0.1, 0.15) is 0 Å². The lowest BCUT2D eigenvalue weighted by atomic mass is 10.2. The molecule has 0 saturated carbocycles. The summed E-state index contributed by atoms with van der Waals surface area (Å²) < 4.78 is 0. The van der Waals surface area contributed by atoms with Crippen LogP contribution in [0.25, 0.3) is 0 Å². The maximum atomic E-state index is 5.25. The van der Waals surface area contributed by atoms with Gasteiger partial charge in [-0.2, -0.15) is 0 Å². The van der Waals surface area contributed by atoms with E-state index in [1.807, 2.05) is 0 Å². The van der Waals surface area contributed by atoms with Crippen molar-refractivity contribution in [3.8, 4) is 0 Å². The maximum Gasteiger partial charge on any atom is 0.185 e. The molecule has 0 saturated heterocycles. The summed E-state index contributed by atoms with van der Waals surface area (Å²) in [6.07, 6.45) is 5.30. The van der Waals surface area contributed by atoms with Gasteiger partial charge in [0.15, 0.2) is 5.96 Å². The molecular weight excluding hydrogens is 166 g/mol. The predicted octanol–water partition coefficient (Wildman–Crippen LogP) is -0.860. The number of aliphatic imine (C=N–C) groups is 1. The summed E-state index contributed by atoms with van der Waals surface area (Å²) >= 11 is 0. The van der Waals surface area contributed by atoms with Crippen LogP contribution in [0.1, 0.15) is 19.3 Å². The number of nitrogens with zero attached hydrogens (tertiary/aromatic N) is 1. The highest BCUT2D eigenvalue weighted by atomic mass is 15.0. The van der Waals surface area contributed by atoms with Gasteiger partial charge in [0.25, 0.3) is 0 Å². The number of unbranched alkanes of at least 4 members (excludes halogenated alkanes) is 3. The molecular formula is C8H20N5. The normalized spacial score (nSPS) is 9.92. The van der Waals surface area contributed by atoms with E-state index >= 15 is 0 Å². The van der Waals surface area contributed by atoms with E-state index in [4.69, 9.17) is 17.2 Å². The van der Waals surface area contributed by atoms with E-state index in [2.05, 4.69) is 16.7 Å². The molecule has 0 unspecified atom stereocenters. The van der Waals surface area contributed by atoms with Gasteiger partial charge in [-0.15, -0.1) is 0 Å². The van der Waals surface area contributed by atoms with Crippen LogP contribution < -0.4 is 22.5 Å². The fraction of sp³-hybridized carbons (Fsp3) is 0.750. The first-order valence-corrected chi connectivity index (χ1v) is 4.55. The minimum atomic E-state index is 0.171. The first-order chi connectivity index (χ1) is 6.27. The van der Waals surface area contributed by atoms with Gasteiger partial charge in [0.05, 0.1) is 0 Å². The van der Waals surface area contributed by atoms with E-state index in [0.717, 1.165) is 25.8 Å². The third kappa shape index (κ3) is 11.2. The highest BCUT2D eigenvalue weighted by molar-refractivity contribution is 5.75. The van der Waals surface area contributed by atoms with Crippen LogP contribution in [0.5, 0.6) is 0 Å². The Labute approximate surface area is 79.8 Å². The molecule has 1 radical (unpaired) electrons. The molecule has 77 valence electrons. The molecule has 0 rings (SSSR count). The molecule has 13 heavy (non-hydrogen) atoms. The Bertz CT molecular complexity index is 130. The molecule has 0 fully saturated rings.